The first-order valence-corrected chi connectivity index (χ1v) is 7.11. The Morgan fingerprint density at radius 2 is 2.05 bits per heavy atom. The van der Waals surface area contributed by atoms with Crippen molar-refractivity contribution in [1.82, 2.24) is 14.9 Å². The van der Waals surface area contributed by atoms with Gasteiger partial charge in [0.25, 0.3) is 5.91 Å². The van der Waals surface area contributed by atoms with E-state index in [0.29, 0.717) is 24.2 Å². The molecule has 0 bridgehead atoms. The van der Waals surface area contributed by atoms with Gasteiger partial charge in [-0.15, -0.1) is 0 Å². The molecule has 0 spiro atoms. The van der Waals surface area contributed by atoms with Gasteiger partial charge >= 0.3 is 0 Å². The molecule has 1 aromatic heterocycles. The van der Waals surface area contributed by atoms with Crippen molar-refractivity contribution in [2.45, 2.75) is 25.4 Å². The lowest BCUT2D eigenvalue weighted by molar-refractivity contribution is 0.0779. The van der Waals surface area contributed by atoms with Crippen molar-refractivity contribution in [2.24, 2.45) is 0 Å². The summed E-state index contributed by atoms with van der Waals surface area (Å²) in [4.78, 5) is 22.5. The summed E-state index contributed by atoms with van der Waals surface area (Å²) in [7, 11) is 1.78. The number of benzene rings is 1. The minimum Gasteiger partial charge on any atom is -0.351 e. The van der Waals surface area contributed by atoms with Crippen molar-refractivity contribution in [2.75, 3.05) is 12.4 Å². The molecule has 0 saturated heterocycles. The molecule has 1 aliphatic carbocycles. The lowest BCUT2D eigenvalue weighted by atomic mass is 10.2. The Labute approximate surface area is 124 Å². The van der Waals surface area contributed by atoms with E-state index in [0.717, 1.165) is 18.4 Å². The molecule has 1 aliphatic rings. The van der Waals surface area contributed by atoms with Gasteiger partial charge in [0.2, 0.25) is 5.95 Å². The van der Waals surface area contributed by atoms with Crippen LogP contribution < -0.4 is 5.32 Å². The Balaban J connectivity index is 1.68. The molecule has 2 aromatic rings. The minimum atomic E-state index is -0.0971. The van der Waals surface area contributed by atoms with Gasteiger partial charge in [-0.3, -0.25) is 4.79 Å². The summed E-state index contributed by atoms with van der Waals surface area (Å²) in [5.41, 5.74) is 1.52. The van der Waals surface area contributed by atoms with E-state index in [1.807, 2.05) is 30.3 Å². The van der Waals surface area contributed by atoms with Crippen LogP contribution in [0.4, 0.5) is 5.95 Å². The minimum absolute atomic E-state index is 0.0971. The van der Waals surface area contributed by atoms with E-state index in [-0.39, 0.29) is 5.91 Å². The van der Waals surface area contributed by atoms with E-state index in [1.165, 1.54) is 0 Å². The molecule has 0 radical (unpaired) electrons. The summed E-state index contributed by atoms with van der Waals surface area (Å²) in [5, 5.41) is 3.21. The number of rotatable bonds is 5. The van der Waals surface area contributed by atoms with Crippen LogP contribution in [0.2, 0.25) is 0 Å². The van der Waals surface area contributed by atoms with Crippen molar-refractivity contribution < 1.29 is 4.79 Å². The summed E-state index contributed by atoms with van der Waals surface area (Å²) in [6, 6.07) is 12.0. The number of nitrogens with one attached hydrogen (secondary N) is 1. The summed E-state index contributed by atoms with van der Waals surface area (Å²) < 4.78 is 0. The average molecular weight is 282 g/mol. The third-order valence-electron chi connectivity index (χ3n) is 3.39. The van der Waals surface area contributed by atoms with Crippen LogP contribution in [0.15, 0.2) is 42.6 Å². The van der Waals surface area contributed by atoms with Crippen LogP contribution in [-0.2, 0) is 6.54 Å². The number of amides is 1. The topological polar surface area (TPSA) is 58.1 Å². The fraction of sp³-hybridized carbons (Fsp3) is 0.312. The number of nitrogens with zero attached hydrogens (tertiary/aromatic N) is 3. The maximum atomic E-state index is 12.4. The second-order valence-electron chi connectivity index (χ2n) is 5.33. The highest BCUT2D eigenvalue weighted by Gasteiger charge is 2.22. The van der Waals surface area contributed by atoms with Crippen LogP contribution in [0.1, 0.15) is 28.9 Å². The van der Waals surface area contributed by atoms with Gasteiger partial charge in [0.05, 0.1) is 0 Å². The number of aromatic nitrogens is 2. The van der Waals surface area contributed by atoms with Crippen molar-refractivity contribution in [3.63, 3.8) is 0 Å². The summed E-state index contributed by atoms with van der Waals surface area (Å²) in [6.07, 6.45) is 3.92. The molecule has 0 atom stereocenters. The molecule has 0 unspecified atom stereocenters. The van der Waals surface area contributed by atoms with Gasteiger partial charge in [-0.05, 0) is 24.5 Å². The van der Waals surface area contributed by atoms with Gasteiger partial charge in [0.1, 0.15) is 5.69 Å². The second-order valence-corrected chi connectivity index (χ2v) is 5.33. The van der Waals surface area contributed by atoms with Crippen LogP contribution in [0.25, 0.3) is 0 Å². The SMILES string of the molecule is CN(Cc1ccccc1)C(=O)c1ccnc(NC2CC2)n1. The quantitative estimate of drug-likeness (QED) is 0.914. The lowest BCUT2D eigenvalue weighted by Gasteiger charge is -2.17. The maximum Gasteiger partial charge on any atom is 0.272 e. The highest BCUT2D eigenvalue weighted by molar-refractivity contribution is 5.92. The lowest BCUT2D eigenvalue weighted by Crippen LogP contribution is -2.27. The zero-order valence-corrected chi connectivity index (χ0v) is 12.0. The predicted octanol–water partition coefficient (Wildman–Crippen LogP) is 2.32. The van der Waals surface area contributed by atoms with Gasteiger partial charge in [0.15, 0.2) is 0 Å². The Bertz CT molecular complexity index is 625. The molecule has 1 heterocycles. The summed E-state index contributed by atoms with van der Waals surface area (Å²) in [6.45, 7) is 0.565. The molecule has 1 fully saturated rings. The average Bonchev–Trinajstić information content (AvgIpc) is 3.32. The first-order chi connectivity index (χ1) is 10.2. The number of carbonyl (C=O) groups excluding carboxylic acids is 1. The summed E-state index contributed by atoms with van der Waals surface area (Å²) in [5.74, 6) is 0.441. The van der Waals surface area contributed by atoms with Gasteiger partial charge in [-0.2, -0.15) is 0 Å². The zero-order valence-electron chi connectivity index (χ0n) is 12.0. The molecule has 5 nitrogen and oxygen atoms in total. The second kappa shape index (κ2) is 5.91. The zero-order chi connectivity index (χ0) is 14.7. The van der Waals surface area contributed by atoms with Crippen LogP contribution in [0, 0.1) is 0 Å². The Kier molecular flexibility index (Phi) is 3.81. The molecule has 1 aromatic carbocycles. The largest absolute Gasteiger partial charge is 0.351 e. The molecule has 21 heavy (non-hydrogen) atoms. The molecule has 108 valence electrons. The maximum absolute atomic E-state index is 12.4. The van der Waals surface area contributed by atoms with E-state index in [1.54, 1.807) is 24.2 Å². The van der Waals surface area contributed by atoms with E-state index in [2.05, 4.69) is 15.3 Å². The van der Waals surface area contributed by atoms with Gasteiger partial charge in [-0.1, -0.05) is 30.3 Å². The molecule has 5 heteroatoms. The van der Waals surface area contributed by atoms with Crippen molar-refractivity contribution >= 4 is 11.9 Å². The smallest absolute Gasteiger partial charge is 0.272 e. The van der Waals surface area contributed by atoms with Crippen LogP contribution >= 0.6 is 0 Å². The Morgan fingerprint density at radius 3 is 2.76 bits per heavy atom. The van der Waals surface area contributed by atoms with Crippen molar-refractivity contribution in [1.29, 1.82) is 0 Å². The summed E-state index contributed by atoms with van der Waals surface area (Å²) >= 11 is 0. The first kappa shape index (κ1) is 13.5. The normalized spacial score (nSPS) is 13.8. The molecule has 1 saturated carbocycles. The van der Waals surface area contributed by atoms with Crippen molar-refractivity contribution in [3.05, 3.63) is 53.9 Å². The molecular weight excluding hydrogens is 264 g/mol. The van der Waals surface area contributed by atoms with E-state index in [4.69, 9.17) is 0 Å². The van der Waals surface area contributed by atoms with Gasteiger partial charge < -0.3 is 10.2 Å². The molecule has 0 aliphatic heterocycles. The number of carbonyl (C=O) groups is 1. The fourth-order valence-corrected chi connectivity index (χ4v) is 2.08. The number of hydrogen-bond acceptors (Lipinski definition) is 4. The first-order valence-electron chi connectivity index (χ1n) is 7.11. The predicted molar refractivity (Wildman–Crippen MR) is 80.9 cm³/mol. The van der Waals surface area contributed by atoms with E-state index < -0.39 is 0 Å². The Morgan fingerprint density at radius 1 is 1.29 bits per heavy atom. The van der Waals surface area contributed by atoms with Crippen LogP contribution in [0.3, 0.4) is 0 Å². The van der Waals surface area contributed by atoms with Gasteiger partial charge in [0, 0.05) is 25.8 Å². The Hall–Kier alpha value is -2.43. The van der Waals surface area contributed by atoms with Gasteiger partial charge in [-0.25, -0.2) is 9.97 Å². The van der Waals surface area contributed by atoms with Crippen molar-refractivity contribution in [3.8, 4) is 0 Å². The van der Waals surface area contributed by atoms with E-state index in [9.17, 15) is 4.79 Å². The van der Waals surface area contributed by atoms with E-state index >= 15 is 0 Å². The monoisotopic (exact) mass is 282 g/mol. The number of hydrogen-bond donors (Lipinski definition) is 1. The van der Waals surface area contributed by atoms with Crippen LogP contribution in [-0.4, -0.2) is 33.9 Å². The highest BCUT2D eigenvalue weighted by Crippen LogP contribution is 2.22. The highest BCUT2D eigenvalue weighted by atomic mass is 16.2. The number of anilines is 1. The standard InChI is InChI=1S/C16H18N4O/c1-20(11-12-5-3-2-4-6-12)15(21)14-9-10-17-16(19-14)18-13-7-8-13/h2-6,9-10,13H,7-8,11H2,1H3,(H,17,18,19). The third-order valence-corrected chi connectivity index (χ3v) is 3.39. The third kappa shape index (κ3) is 3.56. The molecule has 1 N–H and O–H groups in total. The molecule has 3 rings (SSSR count). The molecule has 1 amide bonds. The van der Waals surface area contributed by atoms with Crippen LogP contribution in [0.5, 0.6) is 0 Å². The fourth-order valence-electron chi connectivity index (χ4n) is 2.08. The molecular formula is C16H18N4O.